The maximum Gasteiger partial charge on any atom is 0.262 e. The standard InChI is InChI=1S/C33H39NO7Si/c1-42(2,3)19-18-39-33-28(34-31(36)25-16-10-11-17-26(25)32(34)37)29(35)30(40-21-24-14-8-5-9-15-24)27(41-33)22-38-20-23-12-6-4-7-13-23/h4-17,27-30,33,35H,18-22H2,1-3H3/t27-,28-,29-,30-,33-/m1/s1. The Bertz CT molecular complexity index is 1310. The molecule has 0 aromatic heterocycles. The summed E-state index contributed by atoms with van der Waals surface area (Å²) in [6.45, 7) is 7.77. The van der Waals surface area contributed by atoms with Gasteiger partial charge in [0.2, 0.25) is 0 Å². The van der Waals surface area contributed by atoms with Crippen LogP contribution in [0.4, 0.5) is 0 Å². The largest absolute Gasteiger partial charge is 0.388 e. The molecule has 0 spiro atoms. The molecule has 222 valence electrons. The van der Waals surface area contributed by atoms with E-state index < -0.39 is 50.5 Å². The molecular formula is C33H39NO7Si. The number of nitrogens with zero attached hydrogens (tertiary/aromatic N) is 1. The third kappa shape index (κ3) is 7.06. The fourth-order valence-corrected chi connectivity index (χ4v) is 5.98. The van der Waals surface area contributed by atoms with Gasteiger partial charge in [0, 0.05) is 14.7 Å². The summed E-state index contributed by atoms with van der Waals surface area (Å²) in [7, 11) is -1.47. The number of imide groups is 1. The highest BCUT2D eigenvalue weighted by molar-refractivity contribution is 6.76. The molecule has 2 aliphatic rings. The monoisotopic (exact) mass is 589 g/mol. The van der Waals surface area contributed by atoms with E-state index in [0.717, 1.165) is 22.1 Å². The van der Waals surface area contributed by atoms with Crippen LogP contribution in [-0.2, 0) is 32.2 Å². The van der Waals surface area contributed by atoms with Crippen LogP contribution in [0.3, 0.4) is 0 Å². The molecule has 42 heavy (non-hydrogen) atoms. The lowest BCUT2D eigenvalue weighted by atomic mass is 9.95. The number of benzene rings is 3. The van der Waals surface area contributed by atoms with Crippen LogP contribution in [0.15, 0.2) is 84.9 Å². The summed E-state index contributed by atoms with van der Waals surface area (Å²) in [5.41, 5.74) is 2.51. The number of amides is 2. The van der Waals surface area contributed by atoms with E-state index in [9.17, 15) is 14.7 Å². The van der Waals surface area contributed by atoms with E-state index in [-0.39, 0.29) is 13.2 Å². The number of hydrogen-bond donors (Lipinski definition) is 1. The molecule has 0 aliphatic carbocycles. The van der Waals surface area contributed by atoms with Gasteiger partial charge >= 0.3 is 0 Å². The first-order valence-electron chi connectivity index (χ1n) is 14.4. The van der Waals surface area contributed by atoms with Gasteiger partial charge in [0.25, 0.3) is 11.8 Å². The zero-order valence-corrected chi connectivity index (χ0v) is 25.3. The van der Waals surface area contributed by atoms with Gasteiger partial charge in [0.05, 0.1) is 30.9 Å². The highest BCUT2D eigenvalue weighted by atomic mass is 28.3. The molecule has 0 unspecified atom stereocenters. The van der Waals surface area contributed by atoms with Crippen molar-refractivity contribution in [2.75, 3.05) is 13.2 Å². The van der Waals surface area contributed by atoms with E-state index >= 15 is 0 Å². The van der Waals surface area contributed by atoms with E-state index in [1.54, 1.807) is 24.3 Å². The SMILES string of the molecule is C[Si](C)(C)CCO[C@@H]1O[C@H](COCc2ccccc2)[C@@H](OCc2ccccc2)[C@H](O)[C@H]1N1C(=O)c2ccccc2C1=O. The van der Waals surface area contributed by atoms with Crippen LogP contribution in [-0.4, -0.2) is 73.8 Å². The number of aliphatic hydroxyl groups is 1. The van der Waals surface area contributed by atoms with E-state index in [1.807, 2.05) is 60.7 Å². The third-order valence-electron chi connectivity index (χ3n) is 7.58. The van der Waals surface area contributed by atoms with Gasteiger partial charge in [0.1, 0.15) is 24.4 Å². The quantitative estimate of drug-likeness (QED) is 0.237. The average Bonchev–Trinajstić information content (AvgIpc) is 3.22. The molecule has 0 radical (unpaired) electrons. The lowest BCUT2D eigenvalue weighted by molar-refractivity contribution is -0.290. The maximum atomic E-state index is 13.6. The maximum absolute atomic E-state index is 13.6. The van der Waals surface area contributed by atoms with Crippen molar-refractivity contribution in [1.82, 2.24) is 4.90 Å². The minimum absolute atomic E-state index is 0.119. The Kier molecular flexibility index (Phi) is 9.67. The van der Waals surface area contributed by atoms with Gasteiger partial charge in [-0.3, -0.25) is 14.5 Å². The first-order valence-corrected chi connectivity index (χ1v) is 18.1. The number of carbonyl (C=O) groups excluding carboxylic acids is 2. The summed E-state index contributed by atoms with van der Waals surface area (Å²) in [6.07, 6.45) is -3.95. The molecule has 1 saturated heterocycles. The van der Waals surface area contributed by atoms with Crippen LogP contribution in [0.5, 0.6) is 0 Å². The zero-order valence-electron chi connectivity index (χ0n) is 24.3. The predicted molar refractivity (Wildman–Crippen MR) is 161 cm³/mol. The topological polar surface area (TPSA) is 94.5 Å². The summed E-state index contributed by atoms with van der Waals surface area (Å²) < 4.78 is 25.0. The Morgan fingerprint density at radius 2 is 1.33 bits per heavy atom. The molecule has 2 amide bonds. The number of fused-ring (bicyclic) bond motifs is 1. The number of ether oxygens (including phenoxy) is 4. The van der Waals surface area contributed by atoms with E-state index in [1.165, 1.54) is 0 Å². The second-order valence-electron chi connectivity index (χ2n) is 12.0. The fraction of sp³-hybridized carbons (Fsp3) is 0.394. The van der Waals surface area contributed by atoms with Crippen LogP contribution in [0.2, 0.25) is 25.7 Å². The Balaban J connectivity index is 1.42. The molecule has 9 heteroatoms. The summed E-state index contributed by atoms with van der Waals surface area (Å²) in [5, 5.41) is 11.9. The third-order valence-corrected chi connectivity index (χ3v) is 9.28. The molecule has 3 aromatic rings. The molecule has 2 heterocycles. The van der Waals surface area contributed by atoms with Crippen molar-refractivity contribution in [3.05, 3.63) is 107 Å². The first kappa shape index (κ1) is 30.3. The molecule has 8 nitrogen and oxygen atoms in total. The predicted octanol–water partition coefficient (Wildman–Crippen LogP) is 4.89. The Morgan fingerprint density at radius 1 is 0.786 bits per heavy atom. The molecule has 5 atom stereocenters. The van der Waals surface area contributed by atoms with Crippen molar-refractivity contribution in [1.29, 1.82) is 0 Å². The molecule has 0 saturated carbocycles. The van der Waals surface area contributed by atoms with Crippen molar-refractivity contribution < 1.29 is 33.6 Å². The number of carbonyl (C=O) groups is 2. The minimum Gasteiger partial charge on any atom is -0.388 e. The molecule has 2 aliphatic heterocycles. The summed E-state index contributed by atoms with van der Waals surface area (Å²) in [4.78, 5) is 28.2. The molecular weight excluding hydrogens is 550 g/mol. The van der Waals surface area contributed by atoms with Crippen LogP contribution < -0.4 is 0 Å². The van der Waals surface area contributed by atoms with Crippen LogP contribution >= 0.6 is 0 Å². The molecule has 0 bridgehead atoms. The van der Waals surface area contributed by atoms with Gasteiger partial charge in [-0.15, -0.1) is 0 Å². The van der Waals surface area contributed by atoms with Crippen LogP contribution in [0, 0.1) is 0 Å². The average molecular weight is 590 g/mol. The Morgan fingerprint density at radius 3 is 1.90 bits per heavy atom. The van der Waals surface area contributed by atoms with Crippen molar-refractivity contribution in [2.45, 2.75) is 69.5 Å². The van der Waals surface area contributed by atoms with Gasteiger partial charge in [-0.2, -0.15) is 0 Å². The van der Waals surface area contributed by atoms with Crippen molar-refractivity contribution in [3.63, 3.8) is 0 Å². The Hall–Kier alpha value is -3.18. The van der Waals surface area contributed by atoms with Gasteiger partial charge in [-0.1, -0.05) is 92.4 Å². The highest BCUT2D eigenvalue weighted by Crippen LogP contribution is 2.34. The molecule has 5 rings (SSSR count). The smallest absolute Gasteiger partial charge is 0.262 e. The van der Waals surface area contributed by atoms with Gasteiger partial charge < -0.3 is 24.1 Å². The second-order valence-corrected chi connectivity index (χ2v) is 17.6. The van der Waals surface area contributed by atoms with Crippen LogP contribution in [0.1, 0.15) is 31.8 Å². The summed E-state index contributed by atoms with van der Waals surface area (Å²) in [6, 6.07) is 25.8. The molecule has 1 fully saturated rings. The van der Waals surface area contributed by atoms with Crippen molar-refractivity contribution >= 4 is 19.9 Å². The van der Waals surface area contributed by atoms with Gasteiger partial charge in [-0.25, -0.2) is 0 Å². The number of aliphatic hydroxyl groups excluding tert-OH is 1. The number of hydrogen-bond acceptors (Lipinski definition) is 7. The first-order chi connectivity index (χ1) is 20.2. The normalized spacial score (nSPS) is 24.2. The molecule has 1 N–H and O–H groups in total. The molecule has 3 aromatic carbocycles. The lowest BCUT2D eigenvalue weighted by Gasteiger charge is -2.46. The minimum atomic E-state index is -1.47. The van der Waals surface area contributed by atoms with Crippen molar-refractivity contribution in [2.24, 2.45) is 0 Å². The van der Waals surface area contributed by atoms with E-state index in [2.05, 4.69) is 19.6 Å². The number of rotatable bonds is 12. The summed E-state index contributed by atoms with van der Waals surface area (Å²) >= 11 is 0. The lowest BCUT2D eigenvalue weighted by Crippen LogP contribution is -2.66. The van der Waals surface area contributed by atoms with E-state index in [0.29, 0.717) is 24.3 Å². The summed E-state index contributed by atoms with van der Waals surface area (Å²) in [5.74, 6) is -0.967. The second kappa shape index (κ2) is 13.4. The Labute approximate surface area is 248 Å². The van der Waals surface area contributed by atoms with Crippen LogP contribution in [0.25, 0.3) is 0 Å². The van der Waals surface area contributed by atoms with E-state index in [4.69, 9.17) is 18.9 Å². The zero-order chi connectivity index (χ0) is 29.7. The fourth-order valence-electron chi connectivity index (χ4n) is 5.25. The van der Waals surface area contributed by atoms with Gasteiger partial charge in [0.15, 0.2) is 6.29 Å². The van der Waals surface area contributed by atoms with Crippen molar-refractivity contribution in [3.8, 4) is 0 Å². The van der Waals surface area contributed by atoms with Gasteiger partial charge in [-0.05, 0) is 29.3 Å². The highest BCUT2D eigenvalue weighted by Gasteiger charge is 2.54.